The maximum Gasteiger partial charge on any atom is 0.176 e. The van der Waals surface area contributed by atoms with Crippen molar-refractivity contribution in [3.05, 3.63) is 29.6 Å². The molecule has 1 aromatic carbocycles. The summed E-state index contributed by atoms with van der Waals surface area (Å²) in [6, 6.07) is 4.37. The van der Waals surface area contributed by atoms with E-state index in [4.69, 9.17) is 4.74 Å². The van der Waals surface area contributed by atoms with E-state index in [1.54, 1.807) is 6.07 Å². The predicted molar refractivity (Wildman–Crippen MR) is 80.3 cm³/mol. The van der Waals surface area contributed by atoms with Crippen molar-refractivity contribution in [3.63, 3.8) is 0 Å². The van der Waals surface area contributed by atoms with Crippen molar-refractivity contribution in [1.82, 2.24) is 4.90 Å². The van der Waals surface area contributed by atoms with Crippen LogP contribution in [0.4, 0.5) is 4.39 Å². The van der Waals surface area contributed by atoms with Gasteiger partial charge in [0.05, 0.1) is 13.7 Å². The molecule has 1 saturated heterocycles. The Labute approximate surface area is 123 Å². The first kappa shape index (κ1) is 15.3. The number of Topliss-reactive ketones (excluding diaryl/α,β-unsaturated/α-hetero) is 1. The minimum absolute atomic E-state index is 0.0470. The van der Waals surface area contributed by atoms with Gasteiger partial charge in [0, 0.05) is 29.2 Å². The van der Waals surface area contributed by atoms with Crippen LogP contribution in [0.1, 0.15) is 24.2 Å². The molecule has 110 valence electrons. The Hall–Kier alpha value is -1.07. The molecule has 0 aliphatic carbocycles. The van der Waals surface area contributed by atoms with Gasteiger partial charge in [-0.2, -0.15) is 11.8 Å². The van der Waals surface area contributed by atoms with Crippen LogP contribution in [-0.2, 0) is 0 Å². The molecule has 0 atom stereocenters. The minimum Gasteiger partial charge on any atom is -0.494 e. The zero-order valence-corrected chi connectivity index (χ0v) is 12.9. The molecule has 0 saturated carbocycles. The Morgan fingerprint density at radius 3 is 2.85 bits per heavy atom. The number of ether oxygens (including phenoxy) is 1. The number of ketones is 1. The van der Waals surface area contributed by atoms with Crippen molar-refractivity contribution < 1.29 is 13.9 Å². The van der Waals surface area contributed by atoms with E-state index in [0.717, 1.165) is 18.8 Å². The fourth-order valence-corrected chi connectivity index (χ4v) is 3.56. The number of nitrogens with zero attached hydrogens (tertiary/aromatic N) is 1. The average Bonchev–Trinajstić information content (AvgIpc) is 2.37. The fraction of sp³-hybridized carbons (Fsp3) is 0.533. The molecule has 0 unspecified atom stereocenters. The van der Waals surface area contributed by atoms with Crippen molar-refractivity contribution in [2.45, 2.75) is 18.6 Å². The number of carbonyl (C=O) groups excluding carboxylic acids is 1. The van der Waals surface area contributed by atoms with Crippen LogP contribution in [0.3, 0.4) is 0 Å². The molecule has 1 aromatic rings. The van der Waals surface area contributed by atoms with Gasteiger partial charge in [0.2, 0.25) is 0 Å². The molecule has 5 heteroatoms. The van der Waals surface area contributed by atoms with Gasteiger partial charge in [0.15, 0.2) is 17.3 Å². The SMILES string of the molecule is COc1ccc(C(=O)CN2CCSC(C)(C)C2)cc1F. The lowest BCUT2D eigenvalue weighted by Crippen LogP contribution is -2.45. The van der Waals surface area contributed by atoms with Gasteiger partial charge in [-0.1, -0.05) is 0 Å². The number of hydrogen-bond donors (Lipinski definition) is 0. The monoisotopic (exact) mass is 297 g/mol. The van der Waals surface area contributed by atoms with Crippen molar-refractivity contribution in [3.8, 4) is 5.75 Å². The maximum atomic E-state index is 13.6. The van der Waals surface area contributed by atoms with Crippen molar-refractivity contribution >= 4 is 17.5 Å². The van der Waals surface area contributed by atoms with Gasteiger partial charge >= 0.3 is 0 Å². The molecule has 3 nitrogen and oxygen atoms in total. The third-order valence-electron chi connectivity index (χ3n) is 3.35. The Balaban J connectivity index is 2.03. The lowest BCUT2D eigenvalue weighted by atomic mass is 10.1. The van der Waals surface area contributed by atoms with Crippen LogP contribution < -0.4 is 4.74 Å². The van der Waals surface area contributed by atoms with E-state index in [9.17, 15) is 9.18 Å². The van der Waals surface area contributed by atoms with Crippen molar-refractivity contribution in [2.24, 2.45) is 0 Å². The highest BCUT2D eigenvalue weighted by Gasteiger charge is 2.28. The molecule has 0 bridgehead atoms. The van der Waals surface area contributed by atoms with E-state index in [1.165, 1.54) is 19.2 Å². The van der Waals surface area contributed by atoms with E-state index in [-0.39, 0.29) is 16.3 Å². The molecule has 1 fully saturated rings. The quantitative estimate of drug-likeness (QED) is 0.799. The van der Waals surface area contributed by atoms with Gasteiger partial charge in [0.1, 0.15) is 0 Å². The Kier molecular flexibility index (Phi) is 4.70. The van der Waals surface area contributed by atoms with E-state index >= 15 is 0 Å². The summed E-state index contributed by atoms with van der Waals surface area (Å²) in [6.07, 6.45) is 0. The van der Waals surface area contributed by atoms with Gasteiger partial charge in [-0.3, -0.25) is 9.69 Å². The van der Waals surface area contributed by atoms with Crippen LogP contribution in [0.2, 0.25) is 0 Å². The highest BCUT2D eigenvalue weighted by molar-refractivity contribution is 8.00. The molecule has 20 heavy (non-hydrogen) atoms. The topological polar surface area (TPSA) is 29.5 Å². The zero-order chi connectivity index (χ0) is 14.8. The number of halogens is 1. The Bertz CT molecular complexity index is 505. The first-order valence-corrected chi connectivity index (χ1v) is 7.63. The highest BCUT2D eigenvalue weighted by Crippen LogP contribution is 2.29. The first-order valence-electron chi connectivity index (χ1n) is 6.64. The lowest BCUT2D eigenvalue weighted by Gasteiger charge is -2.37. The molecule has 0 spiro atoms. The van der Waals surface area contributed by atoms with Crippen LogP contribution >= 0.6 is 11.8 Å². The number of benzene rings is 1. The van der Waals surface area contributed by atoms with Gasteiger partial charge in [-0.05, 0) is 32.0 Å². The van der Waals surface area contributed by atoms with E-state index < -0.39 is 5.82 Å². The van der Waals surface area contributed by atoms with Crippen LogP contribution in [0.15, 0.2) is 18.2 Å². The zero-order valence-electron chi connectivity index (χ0n) is 12.1. The Morgan fingerprint density at radius 1 is 1.50 bits per heavy atom. The number of rotatable bonds is 4. The summed E-state index contributed by atoms with van der Waals surface area (Å²) >= 11 is 1.92. The average molecular weight is 297 g/mol. The number of thioether (sulfide) groups is 1. The molecule has 0 aromatic heterocycles. The summed E-state index contributed by atoms with van der Waals surface area (Å²) in [5.74, 6) is 0.649. The van der Waals surface area contributed by atoms with E-state index in [0.29, 0.717) is 12.1 Å². The normalized spacial score (nSPS) is 18.8. The highest BCUT2D eigenvalue weighted by atomic mass is 32.2. The molecule has 0 amide bonds. The summed E-state index contributed by atoms with van der Waals surface area (Å²) in [5, 5.41) is 0. The smallest absolute Gasteiger partial charge is 0.176 e. The molecule has 2 rings (SSSR count). The summed E-state index contributed by atoms with van der Waals surface area (Å²) in [5.41, 5.74) is 0.402. The molecule has 1 heterocycles. The minimum atomic E-state index is -0.493. The van der Waals surface area contributed by atoms with Crippen LogP contribution in [0, 0.1) is 5.82 Å². The molecular formula is C15H20FNO2S. The number of hydrogen-bond acceptors (Lipinski definition) is 4. The number of carbonyl (C=O) groups is 1. The second kappa shape index (κ2) is 6.14. The summed E-state index contributed by atoms with van der Waals surface area (Å²) in [4.78, 5) is 14.4. The Morgan fingerprint density at radius 2 is 2.25 bits per heavy atom. The predicted octanol–water partition coefficient (Wildman–Crippen LogP) is 2.84. The van der Waals surface area contributed by atoms with Gasteiger partial charge in [0.25, 0.3) is 0 Å². The molecule has 1 aliphatic heterocycles. The van der Waals surface area contributed by atoms with E-state index in [1.807, 2.05) is 11.8 Å². The van der Waals surface area contributed by atoms with Crippen LogP contribution in [0.25, 0.3) is 0 Å². The standard InChI is InChI=1S/C15H20FNO2S/c1-15(2)10-17(6-7-20-15)9-13(18)11-4-5-14(19-3)12(16)8-11/h4-5,8H,6-7,9-10H2,1-3H3. The second-order valence-corrected chi connectivity index (χ2v) is 7.39. The molecular weight excluding hydrogens is 277 g/mol. The first-order chi connectivity index (χ1) is 9.41. The van der Waals surface area contributed by atoms with Crippen molar-refractivity contribution in [2.75, 3.05) is 32.5 Å². The van der Waals surface area contributed by atoms with Crippen molar-refractivity contribution in [1.29, 1.82) is 0 Å². The fourth-order valence-electron chi connectivity index (χ4n) is 2.38. The van der Waals surface area contributed by atoms with Gasteiger partial charge in [-0.15, -0.1) is 0 Å². The lowest BCUT2D eigenvalue weighted by molar-refractivity contribution is 0.0927. The van der Waals surface area contributed by atoms with Gasteiger partial charge < -0.3 is 4.74 Å². The third-order valence-corrected chi connectivity index (χ3v) is 4.64. The van der Waals surface area contributed by atoms with Crippen LogP contribution in [-0.4, -0.2) is 47.9 Å². The summed E-state index contributed by atoms with van der Waals surface area (Å²) in [6.45, 7) is 6.49. The van der Waals surface area contributed by atoms with E-state index in [2.05, 4.69) is 18.7 Å². The second-order valence-electron chi connectivity index (χ2n) is 5.59. The molecule has 0 radical (unpaired) electrons. The summed E-state index contributed by atoms with van der Waals surface area (Å²) < 4.78 is 18.6. The number of methoxy groups -OCH3 is 1. The van der Waals surface area contributed by atoms with Gasteiger partial charge in [-0.25, -0.2) is 4.39 Å². The maximum absolute atomic E-state index is 13.6. The molecule has 0 N–H and O–H groups in total. The third kappa shape index (κ3) is 3.73. The molecule has 1 aliphatic rings. The van der Waals surface area contributed by atoms with Crippen LogP contribution in [0.5, 0.6) is 5.75 Å². The largest absolute Gasteiger partial charge is 0.494 e. The summed E-state index contributed by atoms with van der Waals surface area (Å²) in [7, 11) is 1.41.